The van der Waals surface area contributed by atoms with E-state index >= 15 is 0 Å². The Morgan fingerprint density at radius 2 is 1.89 bits per heavy atom. The summed E-state index contributed by atoms with van der Waals surface area (Å²) in [6, 6.07) is 3.32. The first-order valence-corrected chi connectivity index (χ1v) is 9.12. The fourth-order valence-electron chi connectivity index (χ4n) is 2.95. The normalized spacial score (nSPS) is 15.0. The lowest BCUT2D eigenvalue weighted by Gasteiger charge is -2.23. The van der Waals surface area contributed by atoms with Crippen LogP contribution >= 0.6 is 24.0 Å². The van der Waals surface area contributed by atoms with Crippen molar-refractivity contribution in [1.29, 1.82) is 0 Å². The number of amides is 1. The molecule has 0 radical (unpaired) electrons. The van der Waals surface area contributed by atoms with Crippen LogP contribution in [0.4, 0.5) is 8.78 Å². The summed E-state index contributed by atoms with van der Waals surface area (Å²) in [6.07, 6.45) is 6.11. The summed E-state index contributed by atoms with van der Waals surface area (Å²) in [5.74, 6) is -0.0649. The van der Waals surface area contributed by atoms with Gasteiger partial charge >= 0.3 is 0 Å². The van der Waals surface area contributed by atoms with Gasteiger partial charge in [-0.05, 0) is 37.0 Å². The highest BCUT2D eigenvalue weighted by atomic mass is 127. The number of benzene rings is 1. The maximum Gasteiger partial charge on any atom is 0.241 e. The first-order valence-electron chi connectivity index (χ1n) is 9.12. The monoisotopic (exact) mass is 494 g/mol. The van der Waals surface area contributed by atoms with Gasteiger partial charge in [-0.1, -0.05) is 19.3 Å². The highest BCUT2D eigenvalue weighted by Crippen LogP contribution is 2.22. The van der Waals surface area contributed by atoms with Gasteiger partial charge in [-0.25, -0.2) is 13.8 Å². The van der Waals surface area contributed by atoms with Crippen LogP contribution in [0.1, 0.15) is 37.7 Å². The molecule has 0 unspecified atom stereocenters. The number of guanidine groups is 1. The first kappa shape index (κ1) is 23.6. The predicted molar refractivity (Wildman–Crippen MR) is 114 cm³/mol. The molecule has 27 heavy (non-hydrogen) atoms. The summed E-state index contributed by atoms with van der Waals surface area (Å²) < 4.78 is 27.1. The molecule has 0 aromatic heterocycles. The van der Waals surface area contributed by atoms with E-state index in [2.05, 4.69) is 15.6 Å². The van der Waals surface area contributed by atoms with Crippen LogP contribution in [0.5, 0.6) is 0 Å². The highest BCUT2D eigenvalue weighted by Gasteiger charge is 2.14. The first-order chi connectivity index (χ1) is 12.5. The largest absolute Gasteiger partial charge is 0.356 e. The van der Waals surface area contributed by atoms with E-state index in [1.807, 2.05) is 0 Å². The molecular formula is C19H29F2IN4O. The van der Waals surface area contributed by atoms with Gasteiger partial charge in [0.2, 0.25) is 5.91 Å². The molecule has 0 saturated heterocycles. The molecular weight excluding hydrogens is 465 g/mol. The van der Waals surface area contributed by atoms with Gasteiger partial charge in [0.25, 0.3) is 0 Å². The molecule has 0 aliphatic heterocycles. The fraction of sp³-hybridized carbons (Fsp3) is 0.579. The van der Waals surface area contributed by atoms with Gasteiger partial charge in [-0.15, -0.1) is 24.0 Å². The molecule has 2 rings (SSSR count). The summed E-state index contributed by atoms with van der Waals surface area (Å²) in [5.41, 5.74) is 0.183. The summed E-state index contributed by atoms with van der Waals surface area (Å²) in [5, 5.41) is 6.22. The third-order valence-electron chi connectivity index (χ3n) is 4.60. The van der Waals surface area contributed by atoms with Crippen LogP contribution in [0.2, 0.25) is 0 Å². The molecule has 0 spiro atoms. The number of nitrogens with zero attached hydrogens (tertiary/aromatic N) is 2. The van der Waals surface area contributed by atoms with Crippen molar-refractivity contribution < 1.29 is 13.6 Å². The van der Waals surface area contributed by atoms with E-state index < -0.39 is 11.6 Å². The number of hydrogen-bond donors (Lipinski definition) is 2. The SMILES string of the molecule is CN(C)C(=O)CNC(=NCc1cc(F)ccc1F)NCC1CCCCC1.I. The zero-order chi connectivity index (χ0) is 18.9. The minimum absolute atomic E-state index is 0. The number of rotatable bonds is 6. The summed E-state index contributed by atoms with van der Waals surface area (Å²) >= 11 is 0. The van der Waals surface area contributed by atoms with Crippen molar-refractivity contribution in [2.45, 2.75) is 38.6 Å². The minimum Gasteiger partial charge on any atom is -0.356 e. The molecule has 2 N–H and O–H groups in total. The second-order valence-corrected chi connectivity index (χ2v) is 6.93. The predicted octanol–water partition coefficient (Wildman–Crippen LogP) is 3.29. The van der Waals surface area contributed by atoms with Crippen LogP contribution in [0.3, 0.4) is 0 Å². The Morgan fingerprint density at radius 1 is 1.19 bits per heavy atom. The Labute approximate surface area is 177 Å². The van der Waals surface area contributed by atoms with Gasteiger partial charge in [-0.3, -0.25) is 4.79 Å². The fourth-order valence-corrected chi connectivity index (χ4v) is 2.95. The lowest BCUT2D eigenvalue weighted by atomic mass is 9.89. The molecule has 1 fully saturated rings. The van der Waals surface area contributed by atoms with Crippen molar-refractivity contribution in [2.75, 3.05) is 27.2 Å². The number of aliphatic imine (C=N–C) groups is 1. The zero-order valence-corrected chi connectivity index (χ0v) is 18.3. The number of carbonyl (C=O) groups is 1. The van der Waals surface area contributed by atoms with Crippen LogP contribution in [-0.2, 0) is 11.3 Å². The van der Waals surface area contributed by atoms with Crippen LogP contribution in [0.25, 0.3) is 0 Å². The Balaban J connectivity index is 0.00000364. The average Bonchev–Trinajstić information content (AvgIpc) is 2.64. The molecule has 1 aliphatic carbocycles. The Morgan fingerprint density at radius 3 is 2.56 bits per heavy atom. The van der Waals surface area contributed by atoms with Crippen LogP contribution in [0, 0.1) is 17.6 Å². The quantitative estimate of drug-likeness (QED) is 0.363. The molecule has 0 atom stereocenters. The summed E-state index contributed by atoms with van der Waals surface area (Å²) in [6.45, 7) is 0.850. The summed E-state index contributed by atoms with van der Waals surface area (Å²) in [7, 11) is 3.36. The number of halogens is 3. The van der Waals surface area contributed by atoms with Gasteiger partial charge in [0.15, 0.2) is 5.96 Å². The number of nitrogens with one attached hydrogen (secondary N) is 2. The van der Waals surface area contributed by atoms with Crippen molar-refractivity contribution >= 4 is 35.8 Å². The van der Waals surface area contributed by atoms with E-state index in [1.54, 1.807) is 14.1 Å². The molecule has 0 heterocycles. The third-order valence-corrected chi connectivity index (χ3v) is 4.60. The maximum absolute atomic E-state index is 13.8. The van der Waals surface area contributed by atoms with E-state index in [1.165, 1.54) is 37.0 Å². The van der Waals surface area contributed by atoms with Crippen molar-refractivity contribution in [3.63, 3.8) is 0 Å². The second kappa shape index (κ2) is 12.1. The maximum atomic E-state index is 13.8. The number of likely N-dealkylation sites (N-methyl/N-ethyl adjacent to an activating group) is 1. The van der Waals surface area contributed by atoms with Crippen molar-refractivity contribution in [3.8, 4) is 0 Å². The lowest BCUT2D eigenvalue weighted by molar-refractivity contribution is -0.127. The third kappa shape index (κ3) is 8.40. The van der Waals surface area contributed by atoms with E-state index in [9.17, 15) is 13.6 Å². The Hall–Kier alpha value is -1.45. The molecule has 1 aromatic carbocycles. The molecule has 5 nitrogen and oxygen atoms in total. The van der Waals surface area contributed by atoms with E-state index in [4.69, 9.17) is 0 Å². The smallest absolute Gasteiger partial charge is 0.241 e. The topological polar surface area (TPSA) is 56.7 Å². The van der Waals surface area contributed by atoms with E-state index in [0.717, 1.165) is 24.7 Å². The van der Waals surface area contributed by atoms with Gasteiger partial charge in [0.05, 0.1) is 13.1 Å². The molecule has 1 aromatic rings. The zero-order valence-electron chi connectivity index (χ0n) is 15.9. The molecule has 1 aliphatic rings. The molecule has 1 saturated carbocycles. The molecule has 152 valence electrons. The highest BCUT2D eigenvalue weighted by molar-refractivity contribution is 14.0. The van der Waals surface area contributed by atoms with Crippen LogP contribution in [0.15, 0.2) is 23.2 Å². The van der Waals surface area contributed by atoms with Gasteiger partial charge in [0, 0.05) is 26.2 Å². The molecule has 0 bridgehead atoms. The Bertz CT molecular complexity index is 634. The minimum atomic E-state index is -0.496. The Kier molecular flexibility index (Phi) is 10.6. The lowest BCUT2D eigenvalue weighted by Crippen LogP contribution is -2.44. The average molecular weight is 494 g/mol. The molecule has 8 heteroatoms. The van der Waals surface area contributed by atoms with Crippen molar-refractivity contribution in [3.05, 3.63) is 35.4 Å². The van der Waals surface area contributed by atoms with Crippen molar-refractivity contribution in [1.82, 2.24) is 15.5 Å². The van der Waals surface area contributed by atoms with Crippen LogP contribution < -0.4 is 10.6 Å². The number of carbonyl (C=O) groups excluding carboxylic acids is 1. The van der Waals surface area contributed by atoms with Crippen LogP contribution in [-0.4, -0.2) is 44.0 Å². The second-order valence-electron chi connectivity index (χ2n) is 6.93. The van der Waals surface area contributed by atoms with E-state index in [0.29, 0.717) is 11.9 Å². The number of hydrogen-bond acceptors (Lipinski definition) is 2. The van der Waals surface area contributed by atoms with Crippen molar-refractivity contribution in [2.24, 2.45) is 10.9 Å². The van der Waals surface area contributed by atoms with Gasteiger partial charge < -0.3 is 15.5 Å². The summed E-state index contributed by atoms with van der Waals surface area (Å²) in [4.78, 5) is 17.6. The standard InChI is InChI=1S/C19H28F2N4O.HI/c1-25(2)18(26)13-24-19(22-11-14-6-4-3-5-7-14)23-12-15-10-16(20)8-9-17(15)21;/h8-10,14H,3-7,11-13H2,1-2H3,(H2,22,23,24);1H. The van der Waals surface area contributed by atoms with Gasteiger partial charge in [-0.2, -0.15) is 0 Å². The molecule has 1 amide bonds. The van der Waals surface area contributed by atoms with E-state index in [-0.39, 0.29) is 48.5 Å². The van der Waals surface area contributed by atoms with Gasteiger partial charge in [0.1, 0.15) is 11.6 Å².